The van der Waals surface area contributed by atoms with E-state index in [1.165, 1.54) is 13.2 Å². The first-order chi connectivity index (χ1) is 8.62. The Bertz CT molecular complexity index is 625. The van der Waals surface area contributed by atoms with E-state index in [-0.39, 0.29) is 22.8 Å². The van der Waals surface area contributed by atoms with Crippen LogP contribution in [0.5, 0.6) is 17.2 Å². The van der Waals surface area contributed by atoms with Crippen molar-refractivity contribution in [1.29, 1.82) is 10.5 Å². The average molecular weight is 278 g/mol. The highest BCUT2D eigenvalue weighted by molar-refractivity contribution is 8.24. The van der Waals surface area contributed by atoms with Crippen LogP contribution in [0.25, 0.3) is 0 Å². The fourth-order valence-corrected chi connectivity index (χ4v) is 3.79. The van der Waals surface area contributed by atoms with Gasteiger partial charge in [-0.05, 0) is 0 Å². The molecule has 2 rings (SSSR count). The number of hydrogen-bond acceptors (Lipinski definition) is 7. The van der Waals surface area contributed by atoms with Crippen LogP contribution >= 0.6 is 23.5 Å². The number of allylic oxidation sites excluding steroid dienone is 1. The molecule has 7 heteroatoms. The summed E-state index contributed by atoms with van der Waals surface area (Å²) in [7, 11) is 1.38. The van der Waals surface area contributed by atoms with Crippen molar-refractivity contribution in [3.63, 3.8) is 0 Å². The molecule has 0 atom stereocenters. The van der Waals surface area contributed by atoms with E-state index in [0.717, 1.165) is 23.5 Å². The van der Waals surface area contributed by atoms with Crippen LogP contribution in [0.15, 0.2) is 25.7 Å². The van der Waals surface area contributed by atoms with Gasteiger partial charge in [0.1, 0.15) is 23.5 Å². The number of benzene rings is 1. The Morgan fingerprint density at radius 3 is 2.39 bits per heavy atom. The molecule has 1 heterocycles. The topological polar surface area (TPSA) is 97.3 Å². The van der Waals surface area contributed by atoms with Crippen LogP contribution in [0, 0.1) is 22.7 Å². The highest BCUT2D eigenvalue weighted by Gasteiger charge is 2.29. The smallest absolute Gasteiger partial charge is 0.173 e. The van der Waals surface area contributed by atoms with E-state index in [9.17, 15) is 10.2 Å². The second-order valence-corrected chi connectivity index (χ2v) is 5.49. The number of fused-ring (bicyclic) bond motifs is 1. The first-order valence-corrected chi connectivity index (χ1v) is 6.28. The summed E-state index contributed by atoms with van der Waals surface area (Å²) in [5, 5.41) is 37.3. The number of hydrogen-bond donors (Lipinski definition) is 2. The maximum Gasteiger partial charge on any atom is 0.173 e. The lowest BCUT2D eigenvalue weighted by Gasteiger charge is -2.07. The van der Waals surface area contributed by atoms with E-state index in [1.807, 2.05) is 0 Å². The minimum atomic E-state index is -0.104. The molecule has 0 saturated heterocycles. The maximum absolute atomic E-state index is 9.92. The molecule has 1 aliphatic heterocycles. The van der Waals surface area contributed by atoms with Crippen molar-refractivity contribution >= 4 is 23.5 Å². The van der Waals surface area contributed by atoms with Gasteiger partial charge in [0.25, 0.3) is 0 Å². The molecular weight excluding hydrogens is 272 g/mol. The third kappa shape index (κ3) is 1.84. The molecule has 90 valence electrons. The Hall–Kier alpha value is -1.96. The van der Waals surface area contributed by atoms with Crippen molar-refractivity contribution in [3.8, 4) is 29.4 Å². The molecule has 0 amide bonds. The third-order valence-corrected chi connectivity index (χ3v) is 4.82. The molecule has 0 radical (unpaired) electrons. The number of thioether (sulfide) groups is 2. The van der Waals surface area contributed by atoms with E-state index >= 15 is 0 Å². The predicted molar refractivity (Wildman–Crippen MR) is 66.3 cm³/mol. The molecule has 0 unspecified atom stereocenters. The number of aromatic hydroxyl groups is 2. The predicted octanol–water partition coefficient (Wildman–Crippen LogP) is 2.56. The van der Waals surface area contributed by atoms with Crippen LogP contribution in [-0.4, -0.2) is 17.3 Å². The SMILES string of the molecule is COc1cc(O)c2c(c1O)SC(=C(C#N)C#N)S2. The number of nitrogens with zero attached hydrogens (tertiary/aromatic N) is 2. The zero-order valence-corrected chi connectivity index (χ0v) is 10.7. The first-order valence-electron chi connectivity index (χ1n) is 4.65. The zero-order chi connectivity index (χ0) is 13.3. The molecule has 0 saturated carbocycles. The molecule has 1 aromatic carbocycles. The molecule has 0 fully saturated rings. The van der Waals surface area contributed by atoms with Gasteiger partial charge in [-0.1, -0.05) is 23.5 Å². The Morgan fingerprint density at radius 1 is 1.22 bits per heavy atom. The number of methoxy groups -OCH3 is 1. The molecule has 1 aromatic rings. The van der Waals surface area contributed by atoms with Crippen LogP contribution in [-0.2, 0) is 0 Å². The quantitative estimate of drug-likeness (QED) is 0.601. The number of phenols is 2. The second kappa shape index (κ2) is 4.73. The van der Waals surface area contributed by atoms with Crippen molar-refractivity contribution < 1.29 is 14.9 Å². The van der Waals surface area contributed by atoms with E-state index in [0.29, 0.717) is 14.0 Å². The van der Waals surface area contributed by atoms with Gasteiger partial charge >= 0.3 is 0 Å². The maximum atomic E-state index is 9.92. The van der Waals surface area contributed by atoms with Gasteiger partial charge in [0.2, 0.25) is 0 Å². The van der Waals surface area contributed by atoms with E-state index < -0.39 is 0 Å². The monoisotopic (exact) mass is 278 g/mol. The summed E-state index contributed by atoms with van der Waals surface area (Å²) in [6.45, 7) is 0. The highest BCUT2D eigenvalue weighted by Crippen LogP contribution is 2.60. The fourth-order valence-electron chi connectivity index (χ4n) is 1.37. The lowest BCUT2D eigenvalue weighted by Crippen LogP contribution is -1.85. The number of nitriles is 2. The third-order valence-electron chi connectivity index (χ3n) is 2.19. The van der Waals surface area contributed by atoms with Gasteiger partial charge in [0.15, 0.2) is 11.5 Å². The van der Waals surface area contributed by atoms with Crippen LogP contribution in [0.1, 0.15) is 0 Å². The van der Waals surface area contributed by atoms with Gasteiger partial charge in [0, 0.05) is 6.07 Å². The summed E-state index contributed by atoms with van der Waals surface area (Å²) >= 11 is 2.16. The average Bonchev–Trinajstić information content (AvgIpc) is 2.81. The summed E-state index contributed by atoms with van der Waals surface area (Å²) in [5.74, 6) is -0.00789. The molecular formula is C11H6N2O3S2. The zero-order valence-electron chi connectivity index (χ0n) is 9.09. The van der Waals surface area contributed by atoms with Gasteiger partial charge in [-0.25, -0.2) is 0 Å². The minimum absolute atomic E-state index is 0.0426. The largest absolute Gasteiger partial charge is 0.507 e. The highest BCUT2D eigenvalue weighted by atomic mass is 32.2. The molecule has 0 aliphatic carbocycles. The summed E-state index contributed by atoms with van der Waals surface area (Å²) < 4.78 is 5.36. The van der Waals surface area contributed by atoms with Crippen molar-refractivity contribution in [2.75, 3.05) is 7.11 Å². The first kappa shape index (κ1) is 12.5. The lowest BCUT2D eigenvalue weighted by atomic mass is 10.3. The summed E-state index contributed by atoms with van der Waals surface area (Å²) in [6, 6.07) is 4.85. The number of ether oxygens (including phenoxy) is 1. The summed E-state index contributed by atoms with van der Waals surface area (Å²) in [5.41, 5.74) is -0.0426. The second-order valence-electron chi connectivity index (χ2n) is 3.19. The van der Waals surface area contributed by atoms with Crippen molar-refractivity contribution in [3.05, 3.63) is 15.9 Å². The fraction of sp³-hybridized carbons (Fsp3) is 0.0909. The molecule has 18 heavy (non-hydrogen) atoms. The normalized spacial score (nSPS) is 12.5. The molecule has 2 N–H and O–H groups in total. The summed E-state index contributed by atoms with van der Waals surface area (Å²) in [6.07, 6.45) is 0. The van der Waals surface area contributed by atoms with Crippen molar-refractivity contribution in [2.45, 2.75) is 9.79 Å². The van der Waals surface area contributed by atoms with E-state index in [4.69, 9.17) is 15.3 Å². The summed E-state index contributed by atoms with van der Waals surface area (Å²) in [4.78, 5) is 0.825. The van der Waals surface area contributed by atoms with Crippen LogP contribution in [0.4, 0.5) is 0 Å². The lowest BCUT2D eigenvalue weighted by molar-refractivity contribution is 0.358. The van der Waals surface area contributed by atoms with E-state index in [2.05, 4.69) is 0 Å². The molecule has 5 nitrogen and oxygen atoms in total. The van der Waals surface area contributed by atoms with Crippen LogP contribution in [0.2, 0.25) is 0 Å². The van der Waals surface area contributed by atoms with Gasteiger partial charge in [-0.2, -0.15) is 10.5 Å². The Kier molecular flexibility index (Phi) is 3.28. The Morgan fingerprint density at radius 2 is 1.83 bits per heavy atom. The van der Waals surface area contributed by atoms with E-state index in [1.54, 1.807) is 12.1 Å². The van der Waals surface area contributed by atoms with Gasteiger partial charge in [-0.15, -0.1) is 0 Å². The molecule has 0 spiro atoms. The Labute approximate surface area is 111 Å². The van der Waals surface area contributed by atoms with Crippen LogP contribution < -0.4 is 4.74 Å². The number of rotatable bonds is 1. The van der Waals surface area contributed by atoms with Gasteiger partial charge in [-0.3, -0.25) is 0 Å². The standard InChI is InChI=1S/C11H6N2O3S2/c1-16-7-2-6(14)9-10(8(7)15)18-11(17-9)5(3-12)4-13/h2,14-15H,1H3. The Balaban J connectivity index is 2.59. The van der Waals surface area contributed by atoms with Crippen molar-refractivity contribution in [1.82, 2.24) is 0 Å². The number of phenolic OH excluding ortho intramolecular Hbond substituents is 2. The van der Waals surface area contributed by atoms with Gasteiger partial charge in [0.05, 0.1) is 21.1 Å². The molecule has 0 aromatic heterocycles. The minimum Gasteiger partial charge on any atom is -0.507 e. The molecule has 0 bridgehead atoms. The van der Waals surface area contributed by atoms with Crippen LogP contribution in [0.3, 0.4) is 0 Å². The van der Waals surface area contributed by atoms with Gasteiger partial charge < -0.3 is 14.9 Å². The molecule has 1 aliphatic rings. The van der Waals surface area contributed by atoms with Crippen molar-refractivity contribution in [2.24, 2.45) is 0 Å².